The molecule has 0 unspecified atom stereocenters. The summed E-state index contributed by atoms with van der Waals surface area (Å²) in [6.07, 6.45) is 9.39. The first-order valence-corrected chi connectivity index (χ1v) is 10.2. The van der Waals surface area contributed by atoms with Crippen molar-refractivity contribution in [2.45, 2.75) is 37.0 Å². The second-order valence-corrected chi connectivity index (χ2v) is 8.24. The van der Waals surface area contributed by atoms with Crippen LogP contribution in [0.5, 0.6) is 0 Å². The highest BCUT2D eigenvalue weighted by Crippen LogP contribution is 2.46. The first-order valence-electron chi connectivity index (χ1n) is 9.42. The van der Waals surface area contributed by atoms with Crippen LogP contribution in [-0.2, 0) is 0 Å². The standard InChI is InChI=1S/C22H23N3OS/c26-20(18-10-4-1-5-11-18)14-17-25-22(15-8-3-9-16-22)27-21(24-25)23-19-12-6-2-7-13-19/h1-2,4-7,10-14,17H,3,8-9,15-16H2,(H,23,24)/b17-14+. The van der Waals surface area contributed by atoms with E-state index < -0.39 is 0 Å². The molecule has 0 aromatic heterocycles. The molecule has 1 N–H and O–H groups in total. The van der Waals surface area contributed by atoms with E-state index in [1.165, 1.54) is 19.3 Å². The summed E-state index contributed by atoms with van der Waals surface area (Å²) >= 11 is 1.79. The van der Waals surface area contributed by atoms with Crippen LogP contribution in [-0.4, -0.2) is 20.8 Å². The average Bonchev–Trinajstić information content (AvgIpc) is 3.04. The summed E-state index contributed by atoms with van der Waals surface area (Å²) in [5.74, 6) is 0.0156. The number of aliphatic imine (C=N–C) groups is 1. The minimum atomic E-state index is -0.0562. The molecule has 2 fully saturated rings. The number of carbonyl (C=O) groups is 1. The Bertz CT molecular complexity index is 842. The number of nitrogens with one attached hydrogen (secondary N) is 1. The summed E-state index contributed by atoms with van der Waals surface area (Å²) in [4.78, 5) is 17.2. The molecule has 2 aromatic rings. The number of nitrogens with zero attached hydrogens (tertiary/aromatic N) is 2. The third kappa shape index (κ3) is 4.08. The Balaban J connectivity index is 1.56. The van der Waals surface area contributed by atoms with Crippen molar-refractivity contribution in [1.82, 2.24) is 10.4 Å². The molecule has 0 atom stereocenters. The van der Waals surface area contributed by atoms with Gasteiger partial charge in [-0.3, -0.25) is 15.2 Å². The van der Waals surface area contributed by atoms with Crippen LogP contribution in [0.1, 0.15) is 42.5 Å². The molecule has 1 spiro atoms. The van der Waals surface area contributed by atoms with E-state index in [9.17, 15) is 4.79 Å². The van der Waals surface area contributed by atoms with Gasteiger partial charge in [0.05, 0.1) is 5.69 Å². The van der Waals surface area contributed by atoms with Gasteiger partial charge < -0.3 is 0 Å². The van der Waals surface area contributed by atoms with Gasteiger partial charge in [0.2, 0.25) is 0 Å². The lowest BCUT2D eigenvalue weighted by molar-refractivity contribution is 0.104. The molecule has 0 amide bonds. The van der Waals surface area contributed by atoms with E-state index in [0.29, 0.717) is 5.56 Å². The first-order chi connectivity index (χ1) is 13.3. The van der Waals surface area contributed by atoms with Gasteiger partial charge in [-0.05, 0) is 25.0 Å². The Morgan fingerprint density at radius 2 is 1.67 bits per heavy atom. The summed E-state index contributed by atoms with van der Waals surface area (Å²) in [6, 6.07) is 19.4. The van der Waals surface area contributed by atoms with Gasteiger partial charge in [-0.15, -0.1) is 0 Å². The Morgan fingerprint density at radius 1 is 1.00 bits per heavy atom. The van der Waals surface area contributed by atoms with Gasteiger partial charge in [0.25, 0.3) is 0 Å². The number of amidine groups is 1. The van der Waals surface area contributed by atoms with Crippen LogP contribution in [0.3, 0.4) is 0 Å². The highest BCUT2D eigenvalue weighted by atomic mass is 32.2. The average molecular weight is 378 g/mol. The number of allylic oxidation sites excluding steroid dienone is 1. The molecular weight excluding hydrogens is 354 g/mol. The predicted molar refractivity (Wildman–Crippen MR) is 112 cm³/mol. The van der Waals surface area contributed by atoms with Crippen molar-refractivity contribution in [1.29, 1.82) is 0 Å². The van der Waals surface area contributed by atoms with Gasteiger partial charge in [-0.1, -0.05) is 79.6 Å². The molecule has 5 heteroatoms. The Labute approximate surface area is 164 Å². The normalized spacial score (nSPS) is 20.3. The molecule has 4 rings (SSSR count). The highest BCUT2D eigenvalue weighted by Gasteiger charge is 2.44. The molecule has 4 nitrogen and oxygen atoms in total. The monoisotopic (exact) mass is 377 g/mol. The molecular formula is C22H23N3OS. The van der Waals surface area contributed by atoms with E-state index in [1.807, 2.05) is 66.9 Å². The lowest BCUT2D eigenvalue weighted by Gasteiger charge is -2.38. The number of rotatable bonds is 4. The van der Waals surface area contributed by atoms with Crippen molar-refractivity contribution < 1.29 is 4.79 Å². The number of hydrogen-bond acceptors (Lipinski definition) is 4. The molecule has 1 saturated carbocycles. The van der Waals surface area contributed by atoms with E-state index in [1.54, 1.807) is 17.8 Å². The fraction of sp³-hybridized carbons (Fsp3) is 0.273. The largest absolute Gasteiger partial charge is 0.289 e. The molecule has 2 aliphatic rings. The summed E-state index contributed by atoms with van der Waals surface area (Å²) in [7, 11) is 0. The van der Waals surface area contributed by atoms with Crippen molar-refractivity contribution in [3.8, 4) is 0 Å². The third-order valence-electron chi connectivity index (χ3n) is 5.00. The number of benzene rings is 2. The summed E-state index contributed by atoms with van der Waals surface area (Å²) in [6.45, 7) is 0. The Hall–Kier alpha value is -2.53. The smallest absolute Gasteiger partial charge is 0.187 e. The van der Waals surface area contributed by atoms with E-state index in [2.05, 4.69) is 10.4 Å². The van der Waals surface area contributed by atoms with Gasteiger partial charge >= 0.3 is 0 Å². The van der Waals surface area contributed by atoms with Crippen molar-refractivity contribution in [3.63, 3.8) is 0 Å². The molecule has 0 radical (unpaired) electrons. The molecule has 0 bridgehead atoms. The second kappa shape index (κ2) is 8.01. The second-order valence-electron chi connectivity index (χ2n) is 6.89. The molecule has 1 heterocycles. The van der Waals surface area contributed by atoms with Gasteiger partial charge in [-0.25, -0.2) is 4.99 Å². The summed E-state index contributed by atoms with van der Waals surface area (Å²) in [5, 5.41) is 2.99. The van der Waals surface area contributed by atoms with Crippen LogP contribution in [0, 0.1) is 0 Å². The lowest BCUT2D eigenvalue weighted by atomic mass is 9.94. The molecule has 27 heavy (non-hydrogen) atoms. The van der Waals surface area contributed by atoms with Crippen LogP contribution in [0.15, 0.2) is 77.9 Å². The topological polar surface area (TPSA) is 44.7 Å². The third-order valence-corrected chi connectivity index (χ3v) is 6.36. The number of thioether (sulfide) groups is 1. The molecule has 1 saturated heterocycles. The first kappa shape index (κ1) is 17.9. The van der Waals surface area contributed by atoms with Gasteiger partial charge in [0.1, 0.15) is 4.87 Å². The fourth-order valence-corrected chi connectivity index (χ4v) is 4.94. The van der Waals surface area contributed by atoms with Crippen LogP contribution < -0.4 is 5.43 Å². The maximum Gasteiger partial charge on any atom is 0.187 e. The zero-order valence-electron chi connectivity index (χ0n) is 15.2. The van der Waals surface area contributed by atoms with Gasteiger partial charge in [0.15, 0.2) is 11.0 Å². The van der Waals surface area contributed by atoms with Gasteiger partial charge in [-0.2, -0.15) is 0 Å². The van der Waals surface area contributed by atoms with Crippen molar-refractivity contribution >= 4 is 28.4 Å². The molecule has 2 aromatic carbocycles. The maximum atomic E-state index is 12.5. The zero-order chi connectivity index (χ0) is 18.5. The maximum absolute atomic E-state index is 12.5. The van der Waals surface area contributed by atoms with Crippen molar-refractivity contribution in [3.05, 3.63) is 78.5 Å². The van der Waals surface area contributed by atoms with E-state index in [-0.39, 0.29) is 10.7 Å². The van der Waals surface area contributed by atoms with E-state index >= 15 is 0 Å². The number of para-hydroxylation sites is 1. The van der Waals surface area contributed by atoms with Crippen LogP contribution in [0.25, 0.3) is 0 Å². The lowest BCUT2D eigenvalue weighted by Crippen LogP contribution is -2.44. The van der Waals surface area contributed by atoms with Crippen LogP contribution in [0.2, 0.25) is 0 Å². The molecule has 138 valence electrons. The van der Waals surface area contributed by atoms with E-state index in [4.69, 9.17) is 4.99 Å². The number of ketones is 1. The minimum Gasteiger partial charge on any atom is -0.289 e. The van der Waals surface area contributed by atoms with Gasteiger partial charge in [0, 0.05) is 17.8 Å². The molecule has 1 aliphatic heterocycles. The summed E-state index contributed by atoms with van der Waals surface area (Å²) in [5.41, 5.74) is 5.05. The quantitative estimate of drug-likeness (QED) is 0.581. The van der Waals surface area contributed by atoms with Crippen molar-refractivity contribution in [2.75, 3.05) is 0 Å². The fourth-order valence-electron chi connectivity index (χ4n) is 3.59. The van der Waals surface area contributed by atoms with Crippen molar-refractivity contribution in [2.24, 2.45) is 4.99 Å². The molecule has 1 aliphatic carbocycles. The Morgan fingerprint density at radius 3 is 2.37 bits per heavy atom. The summed E-state index contributed by atoms with van der Waals surface area (Å²) < 4.78 is 0. The number of hydrazine groups is 1. The number of carbonyl (C=O) groups excluding carboxylic acids is 1. The minimum absolute atomic E-state index is 0.0156. The Kier molecular flexibility index (Phi) is 5.30. The highest BCUT2D eigenvalue weighted by molar-refractivity contribution is 8.15. The number of hydrogen-bond donors (Lipinski definition) is 1. The van der Waals surface area contributed by atoms with Crippen LogP contribution in [0.4, 0.5) is 5.69 Å². The SMILES string of the molecule is O=C(/C=C/N1NC(=Nc2ccccc2)SC12CCCCC2)c1ccccc1. The zero-order valence-corrected chi connectivity index (χ0v) is 16.0. The van der Waals surface area contributed by atoms with Crippen LogP contribution >= 0.6 is 11.8 Å². The predicted octanol–water partition coefficient (Wildman–Crippen LogP) is 5.28. The van der Waals surface area contributed by atoms with E-state index in [0.717, 1.165) is 23.7 Å².